The summed E-state index contributed by atoms with van der Waals surface area (Å²) < 4.78 is 37.9. The summed E-state index contributed by atoms with van der Waals surface area (Å²) in [4.78, 5) is 11.4. The van der Waals surface area contributed by atoms with Crippen molar-refractivity contribution in [2.75, 3.05) is 11.9 Å². The fraction of sp³-hybridized carbons (Fsp3) is 0.417. The lowest BCUT2D eigenvalue weighted by Crippen LogP contribution is -2.16. The maximum absolute atomic E-state index is 12.6. The van der Waals surface area contributed by atoms with E-state index in [1.165, 1.54) is 18.2 Å². The van der Waals surface area contributed by atoms with Gasteiger partial charge in [-0.05, 0) is 31.5 Å². The number of rotatable bonds is 5. The first-order valence-corrected chi connectivity index (χ1v) is 5.61. The molecule has 0 spiro atoms. The highest BCUT2D eigenvalue weighted by Gasteiger charge is 2.33. The second kappa shape index (κ2) is 6.39. The summed E-state index contributed by atoms with van der Waals surface area (Å²) in [6, 6.07) is 4.91. The maximum atomic E-state index is 12.6. The van der Waals surface area contributed by atoms with Gasteiger partial charge in [0.05, 0.1) is 11.3 Å². The molecule has 0 bridgehead atoms. The molecule has 0 saturated carbocycles. The number of halogens is 3. The van der Waals surface area contributed by atoms with Gasteiger partial charge < -0.3 is 11.1 Å². The Kier molecular flexibility index (Phi) is 5.15. The Morgan fingerprint density at radius 1 is 1.22 bits per heavy atom. The number of hydrogen-bond acceptors (Lipinski definition) is 2. The first-order chi connectivity index (χ1) is 8.45. The Morgan fingerprint density at radius 2 is 1.89 bits per heavy atom. The molecule has 0 heterocycles. The predicted octanol–water partition coefficient (Wildman–Crippen LogP) is 2.77. The van der Waals surface area contributed by atoms with Crippen LogP contribution in [-0.4, -0.2) is 12.5 Å². The summed E-state index contributed by atoms with van der Waals surface area (Å²) in [5.74, 6) is -0.430. The summed E-state index contributed by atoms with van der Waals surface area (Å²) in [7, 11) is 0. The molecule has 3 N–H and O–H groups in total. The number of unbranched alkanes of at least 4 members (excludes halogenated alkanes) is 1. The zero-order valence-corrected chi connectivity index (χ0v) is 9.76. The number of alkyl halides is 3. The number of carbonyl (C=O) groups is 1. The van der Waals surface area contributed by atoms with Crippen molar-refractivity contribution in [1.29, 1.82) is 0 Å². The lowest BCUT2D eigenvalue weighted by molar-refractivity contribution is -0.137. The highest BCUT2D eigenvalue weighted by molar-refractivity contribution is 5.91. The molecule has 0 fully saturated rings. The molecule has 0 aliphatic heterocycles. The molecule has 0 aliphatic carbocycles. The second-order valence-electron chi connectivity index (χ2n) is 3.84. The molecule has 0 aliphatic rings. The van der Waals surface area contributed by atoms with E-state index in [0.717, 1.165) is 6.07 Å². The van der Waals surface area contributed by atoms with Gasteiger partial charge in [0.2, 0.25) is 5.91 Å². The van der Waals surface area contributed by atoms with Crippen LogP contribution >= 0.6 is 0 Å². The van der Waals surface area contributed by atoms with Gasteiger partial charge in [-0.2, -0.15) is 13.2 Å². The smallest absolute Gasteiger partial charge is 0.330 e. The fourth-order valence-corrected chi connectivity index (χ4v) is 1.48. The molecule has 0 unspecified atom stereocenters. The SMILES string of the molecule is NCCCCC(=O)Nc1ccccc1C(F)(F)F. The van der Waals surface area contributed by atoms with Crippen molar-refractivity contribution in [2.45, 2.75) is 25.4 Å². The Morgan fingerprint density at radius 3 is 2.50 bits per heavy atom. The van der Waals surface area contributed by atoms with Crippen molar-refractivity contribution >= 4 is 11.6 Å². The van der Waals surface area contributed by atoms with Crippen molar-refractivity contribution in [3.05, 3.63) is 29.8 Å². The third-order valence-corrected chi connectivity index (χ3v) is 2.36. The number of nitrogens with two attached hydrogens (primary N) is 1. The zero-order valence-electron chi connectivity index (χ0n) is 9.76. The molecule has 1 amide bonds. The van der Waals surface area contributed by atoms with E-state index >= 15 is 0 Å². The van der Waals surface area contributed by atoms with Gasteiger partial charge in [0, 0.05) is 6.42 Å². The van der Waals surface area contributed by atoms with E-state index in [2.05, 4.69) is 5.32 Å². The molecule has 6 heteroatoms. The Balaban J connectivity index is 2.70. The van der Waals surface area contributed by atoms with Gasteiger partial charge >= 0.3 is 6.18 Å². The Labute approximate surface area is 103 Å². The second-order valence-corrected chi connectivity index (χ2v) is 3.84. The maximum Gasteiger partial charge on any atom is 0.418 e. The van der Waals surface area contributed by atoms with E-state index in [-0.39, 0.29) is 12.1 Å². The Bertz CT molecular complexity index is 405. The molecule has 1 aromatic carbocycles. The number of carbonyl (C=O) groups excluding carboxylic acids is 1. The highest BCUT2D eigenvalue weighted by atomic mass is 19.4. The molecule has 18 heavy (non-hydrogen) atoms. The molecular weight excluding hydrogens is 245 g/mol. The topological polar surface area (TPSA) is 55.1 Å². The van der Waals surface area contributed by atoms with Crippen molar-refractivity contribution < 1.29 is 18.0 Å². The fourth-order valence-electron chi connectivity index (χ4n) is 1.48. The van der Waals surface area contributed by atoms with E-state index in [0.29, 0.717) is 19.4 Å². The number of anilines is 1. The number of para-hydroxylation sites is 1. The van der Waals surface area contributed by atoms with Crippen LogP contribution in [-0.2, 0) is 11.0 Å². The first-order valence-electron chi connectivity index (χ1n) is 5.61. The molecule has 1 rings (SSSR count). The van der Waals surface area contributed by atoms with Gasteiger partial charge in [-0.1, -0.05) is 12.1 Å². The largest absolute Gasteiger partial charge is 0.418 e. The predicted molar refractivity (Wildman–Crippen MR) is 63.0 cm³/mol. The molecule has 0 atom stereocenters. The van der Waals surface area contributed by atoms with Crippen LogP contribution in [0.15, 0.2) is 24.3 Å². The lowest BCUT2D eigenvalue weighted by atomic mass is 10.1. The summed E-state index contributed by atoms with van der Waals surface area (Å²) >= 11 is 0. The van der Waals surface area contributed by atoms with Gasteiger partial charge in [-0.3, -0.25) is 4.79 Å². The monoisotopic (exact) mass is 260 g/mol. The molecule has 1 aromatic rings. The minimum absolute atomic E-state index is 0.170. The van der Waals surface area contributed by atoms with Crippen LogP contribution in [0.1, 0.15) is 24.8 Å². The molecule has 0 saturated heterocycles. The van der Waals surface area contributed by atoms with Crippen LogP contribution in [0.25, 0.3) is 0 Å². The molecule has 3 nitrogen and oxygen atoms in total. The van der Waals surface area contributed by atoms with E-state index in [9.17, 15) is 18.0 Å². The van der Waals surface area contributed by atoms with Crippen LogP contribution in [0, 0.1) is 0 Å². The van der Waals surface area contributed by atoms with Crippen molar-refractivity contribution in [2.24, 2.45) is 5.73 Å². The van der Waals surface area contributed by atoms with Gasteiger partial charge in [0.15, 0.2) is 0 Å². The summed E-state index contributed by atoms with van der Waals surface area (Å²) in [6.45, 7) is 0.465. The van der Waals surface area contributed by atoms with Gasteiger partial charge in [0.25, 0.3) is 0 Å². The minimum Gasteiger partial charge on any atom is -0.330 e. The number of nitrogens with one attached hydrogen (secondary N) is 1. The number of benzene rings is 1. The van der Waals surface area contributed by atoms with Crippen LogP contribution in [0.5, 0.6) is 0 Å². The molecular formula is C12H15F3N2O. The van der Waals surface area contributed by atoms with Crippen LogP contribution < -0.4 is 11.1 Å². The average Bonchev–Trinajstić information content (AvgIpc) is 2.28. The minimum atomic E-state index is -4.47. The standard InChI is InChI=1S/C12H15F3N2O/c13-12(14,15)9-5-1-2-6-10(9)17-11(18)7-3-4-8-16/h1-2,5-6H,3-4,7-8,16H2,(H,17,18). The van der Waals surface area contributed by atoms with E-state index in [1.54, 1.807) is 0 Å². The van der Waals surface area contributed by atoms with Crippen molar-refractivity contribution in [3.63, 3.8) is 0 Å². The highest BCUT2D eigenvalue weighted by Crippen LogP contribution is 2.34. The van der Waals surface area contributed by atoms with Gasteiger partial charge in [-0.25, -0.2) is 0 Å². The van der Waals surface area contributed by atoms with E-state index in [4.69, 9.17) is 5.73 Å². The lowest BCUT2D eigenvalue weighted by Gasteiger charge is -2.13. The summed E-state index contributed by atoms with van der Waals surface area (Å²) in [5.41, 5.74) is 4.23. The van der Waals surface area contributed by atoms with Crippen LogP contribution in [0.2, 0.25) is 0 Å². The third kappa shape index (κ3) is 4.37. The van der Waals surface area contributed by atoms with Crippen molar-refractivity contribution in [3.8, 4) is 0 Å². The zero-order chi connectivity index (χ0) is 13.6. The van der Waals surface area contributed by atoms with Gasteiger partial charge in [0.1, 0.15) is 0 Å². The van der Waals surface area contributed by atoms with E-state index < -0.39 is 17.6 Å². The molecule has 0 radical (unpaired) electrons. The van der Waals surface area contributed by atoms with Crippen molar-refractivity contribution in [1.82, 2.24) is 0 Å². The normalized spacial score (nSPS) is 11.3. The van der Waals surface area contributed by atoms with Crippen LogP contribution in [0.4, 0.5) is 18.9 Å². The Hall–Kier alpha value is -1.56. The third-order valence-electron chi connectivity index (χ3n) is 2.36. The number of amides is 1. The molecule has 100 valence electrons. The quantitative estimate of drug-likeness (QED) is 0.800. The number of hydrogen-bond donors (Lipinski definition) is 2. The summed E-state index contributed by atoms with van der Waals surface area (Å²) in [6.07, 6.45) is -3.06. The van der Waals surface area contributed by atoms with Crippen LogP contribution in [0.3, 0.4) is 0 Å². The van der Waals surface area contributed by atoms with Gasteiger partial charge in [-0.15, -0.1) is 0 Å². The average molecular weight is 260 g/mol. The molecule has 0 aromatic heterocycles. The summed E-state index contributed by atoms with van der Waals surface area (Å²) in [5, 5.41) is 2.28. The van der Waals surface area contributed by atoms with E-state index in [1.807, 2.05) is 0 Å². The first kappa shape index (κ1) is 14.5.